The molecule has 1 aliphatic carbocycles. The normalized spacial score (nSPS) is 36.5. The Bertz CT molecular complexity index is 230. The molecule has 1 saturated carbocycles. The van der Waals surface area contributed by atoms with Crippen LogP contribution in [0, 0.1) is 11.8 Å². The minimum Gasteiger partial charge on any atom is -0.370 e. The van der Waals surface area contributed by atoms with E-state index in [4.69, 9.17) is 5.73 Å². The number of hydrogen-bond acceptors (Lipinski definition) is 2. The van der Waals surface area contributed by atoms with E-state index in [0.29, 0.717) is 18.3 Å². The Morgan fingerprint density at radius 3 is 2.67 bits per heavy atom. The zero-order valence-electron chi connectivity index (χ0n) is 10.2. The van der Waals surface area contributed by atoms with Gasteiger partial charge >= 0.3 is 0 Å². The summed E-state index contributed by atoms with van der Waals surface area (Å²) in [7, 11) is 0. The SMILES string of the molecule is CCNC1(CC(N)=O)CC(C)CCC1C. The molecule has 1 rings (SSSR count). The summed E-state index contributed by atoms with van der Waals surface area (Å²) in [6.45, 7) is 7.50. The van der Waals surface area contributed by atoms with Gasteiger partial charge in [-0.25, -0.2) is 0 Å². The second kappa shape index (κ2) is 4.97. The summed E-state index contributed by atoms with van der Waals surface area (Å²) in [5.74, 6) is 1.05. The number of carbonyl (C=O) groups is 1. The number of nitrogens with two attached hydrogens (primary N) is 1. The number of primary amides is 1. The molecule has 0 radical (unpaired) electrons. The number of nitrogens with one attached hydrogen (secondary N) is 1. The van der Waals surface area contributed by atoms with Gasteiger partial charge in [0.2, 0.25) is 5.91 Å². The van der Waals surface area contributed by atoms with Gasteiger partial charge in [-0.15, -0.1) is 0 Å². The zero-order valence-corrected chi connectivity index (χ0v) is 10.2. The lowest BCUT2D eigenvalue weighted by molar-refractivity contribution is -0.120. The summed E-state index contributed by atoms with van der Waals surface area (Å²) < 4.78 is 0. The molecule has 0 saturated heterocycles. The Hall–Kier alpha value is -0.570. The predicted molar refractivity (Wildman–Crippen MR) is 62.4 cm³/mol. The lowest BCUT2D eigenvalue weighted by Gasteiger charge is -2.45. The van der Waals surface area contributed by atoms with Crippen LogP contribution in [0.25, 0.3) is 0 Å². The largest absolute Gasteiger partial charge is 0.370 e. The van der Waals surface area contributed by atoms with E-state index in [2.05, 4.69) is 26.1 Å². The smallest absolute Gasteiger partial charge is 0.219 e. The maximum absolute atomic E-state index is 11.2. The van der Waals surface area contributed by atoms with Gasteiger partial charge in [-0.3, -0.25) is 4.79 Å². The van der Waals surface area contributed by atoms with E-state index in [0.717, 1.165) is 13.0 Å². The molecule has 1 aliphatic rings. The Labute approximate surface area is 92.8 Å². The molecule has 0 heterocycles. The molecule has 0 bridgehead atoms. The summed E-state index contributed by atoms with van der Waals surface area (Å²) in [5.41, 5.74) is 5.32. The third-order valence-electron chi connectivity index (χ3n) is 3.77. The Kier molecular flexibility index (Phi) is 4.14. The molecular formula is C12H24N2O. The van der Waals surface area contributed by atoms with Gasteiger partial charge in [0.05, 0.1) is 0 Å². The van der Waals surface area contributed by atoms with Crippen LogP contribution in [0.5, 0.6) is 0 Å². The van der Waals surface area contributed by atoms with Crippen LogP contribution in [0.3, 0.4) is 0 Å². The maximum Gasteiger partial charge on any atom is 0.219 e. The molecule has 3 nitrogen and oxygen atoms in total. The van der Waals surface area contributed by atoms with Crippen molar-refractivity contribution in [2.75, 3.05) is 6.54 Å². The zero-order chi connectivity index (χ0) is 11.5. The minimum absolute atomic E-state index is 0.0434. The van der Waals surface area contributed by atoms with Crippen molar-refractivity contribution < 1.29 is 4.79 Å². The molecule has 0 aliphatic heterocycles. The number of hydrogen-bond donors (Lipinski definition) is 2. The van der Waals surface area contributed by atoms with E-state index < -0.39 is 0 Å². The molecule has 3 heteroatoms. The van der Waals surface area contributed by atoms with Gasteiger partial charge in [-0.2, -0.15) is 0 Å². The van der Waals surface area contributed by atoms with Gasteiger partial charge < -0.3 is 11.1 Å². The molecule has 1 fully saturated rings. The Morgan fingerprint density at radius 1 is 1.47 bits per heavy atom. The van der Waals surface area contributed by atoms with Crippen LogP contribution in [-0.4, -0.2) is 18.0 Å². The third-order valence-corrected chi connectivity index (χ3v) is 3.77. The summed E-state index contributed by atoms with van der Waals surface area (Å²) in [4.78, 5) is 11.2. The Morgan fingerprint density at radius 2 is 2.13 bits per heavy atom. The monoisotopic (exact) mass is 212 g/mol. The van der Waals surface area contributed by atoms with Gasteiger partial charge in [-0.05, 0) is 31.2 Å². The molecule has 3 N–H and O–H groups in total. The van der Waals surface area contributed by atoms with Crippen LogP contribution in [0.4, 0.5) is 0 Å². The molecular weight excluding hydrogens is 188 g/mol. The highest BCUT2D eigenvalue weighted by Crippen LogP contribution is 2.38. The molecule has 88 valence electrons. The number of amides is 1. The minimum atomic E-state index is -0.183. The number of rotatable bonds is 4. The standard InChI is InChI=1S/C12H24N2O/c1-4-14-12(8-11(13)15)7-9(2)5-6-10(12)3/h9-10,14H,4-8H2,1-3H3,(H2,13,15). The van der Waals surface area contributed by atoms with E-state index >= 15 is 0 Å². The van der Waals surface area contributed by atoms with Crippen LogP contribution in [0.15, 0.2) is 0 Å². The summed E-state index contributed by atoms with van der Waals surface area (Å²) in [5, 5.41) is 3.51. The van der Waals surface area contributed by atoms with E-state index in [1.165, 1.54) is 12.8 Å². The van der Waals surface area contributed by atoms with Crippen LogP contribution >= 0.6 is 0 Å². The first-order valence-electron chi connectivity index (χ1n) is 6.03. The summed E-state index contributed by atoms with van der Waals surface area (Å²) in [6, 6.07) is 0. The van der Waals surface area contributed by atoms with Crippen LogP contribution in [0.1, 0.15) is 46.5 Å². The van der Waals surface area contributed by atoms with Crippen molar-refractivity contribution in [1.29, 1.82) is 0 Å². The van der Waals surface area contributed by atoms with E-state index in [-0.39, 0.29) is 11.4 Å². The van der Waals surface area contributed by atoms with Gasteiger partial charge in [0.25, 0.3) is 0 Å². The molecule has 1 amide bonds. The van der Waals surface area contributed by atoms with Crippen molar-refractivity contribution in [1.82, 2.24) is 5.32 Å². The Balaban J connectivity index is 2.79. The summed E-state index contributed by atoms with van der Waals surface area (Å²) in [6.07, 6.45) is 4.02. The highest BCUT2D eigenvalue weighted by atomic mass is 16.1. The highest BCUT2D eigenvalue weighted by Gasteiger charge is 2.40. The van der Waals surface area contributed by atoms with Crippen LogP contribution in [0.2, 0.25) is 0 Å². The van der Waals surface area contributed by atoms with E-state index in [1.807, 2.05) is 0 Å². The molecule has 15 heavy (non-hydrogen) atoms. The highest BCUT2D eigenvalue weighted by molar-refractivity contribution is 5.75. The molecule has 0 aromatic carbocycles. The van der Waals surface area contributed by atoms with Crippen LogP contribution in [-0.2, 0) is 4.79 Å². The third kappa shape index (κ3) is 2.94. The maximum atomic E-state index is 11.2. The second-order valence-corrected chi connectivity index (χ2v) is 5.12. The molecule has 0 aromatic heterocycles. The predicted octanol–water partition coefficient (Wildman–Crippen LogP) is 1.67. The average molecular weight is 212 g/mol. The average Bonchev–Trinajstić information content (AvgIpc) is 2.11. The van der Waals surface area contributed by atoms with Crippen molar-refractivity contribution >= 4 is 5.91 Å². The molecule has 3 unspecified atom stereocenters. The van der Waals surface area contributed by atoms with Crippen LogP contribution < -0.4 is 11.1 Å². The quantitative estimate of drug-likeness (QED) is 0.744. The van der Waals surface area contributed by atoms with Crippen molar-refractivity contribution in [3.05, 3.63) is 0 Å². The fourth-order valence-electron chi connectivity index (χ4n) is 2.95. The number of carbonyl (C=O) groups excluding carboxylic acids is 1. The second-order valence-electron chi connectivity index (χ2n) is 5.12. The van der Waals surface area contributed by atoms with E-state index in [1.54, 1.807) is 0 Å². The van der Waals surface area contributed by atoms with Crippen molar-refractivity contribution in [2.45, 2.75) is 52.0 Å². The lowest BCUT2D eigenvalue weighted by atomic mass is 9.68. The molecule has 0 aromatic rings. The first-order valence-corrected chi connectivity index (χ1v) is 6.03. The van der Waals surface area contributed by atoms with E-state index in [9.17, 15) is 4.79 Å². The topological polar surface area (TPSA) is 55.1 Å². The van der Waals surface area contributed by atoms with Gasteiger partial charge in [0, 0.05) is 12.0 Å². The summed E-state index contributed by atoms with van der Waals surface area (Å²) >= 11 is 0. The molecule has 3 atom stereocenters. The first kappa shape index (κ1) is 12.5. The van der Waals surface area contributed by atoms with Gasteiger partial charge in [-0.1, -0.05) is 27.2 Å². The van der Waals surface area contributed by atoms with Gasteiger partial charge in [0.15, 0.2) is 0 Å². The van der Waals surface area contributed by atoms with Crippen molar-refractivity contribution in [2.24, 2.45) is 17.6 Å². The van der Waals surface area contributed by atoms with Crippen molar-refractivity contribution in [3.63, 3.8) is 0 Å². The van der Waals surface area contributed by atoms with Crippen molar-refractivity contribution in [3.8, 4) is 0 Å². The lowest BCUT2D eigenvalue weighted by Crippen LogP contribution is -2.55. The molecule has 0 spiro atoms. The first-order chi connectivity index (χ1) is 7.00. The fraction of sp³-hybridized carbons (Fsp3) is 0.917. The fourth-order valence-corrected chi connectivity index (χ4v) is 2.95. The van der Waals surface area contributed by atoms with Gasteiger partial charge in [0.1, 0.15) is 0 Å².